The molecule has 1 heterocycles. The molecule has 3 nitrogen and oxygen atoms in total. The van der Waals surface area contributed by atoms with E-state index in [1.54, 1.807) is 0 Å². The second-order valence-corrected chi connectivity index (χ2v) is 4.84. The summed E-state index contributed by atoms with van der Waals surface area (Å²) in [6.45, 7) is 0.916. The van der Waals surface area contributed by atoms with Crippen LogP contribution >= 0.6 is 0 Å². The lowest BCUT2D eigenvalue weighted by atomic mass is 10.1. The quantitative estimate of drug-likeness (QED) is 0.708. The largest absolute Gasteiger partial charge is 0.317 e. The Morgan fingerprint density at radius 2 is 1.45 bits per heavy atom. The van der Waals surface area contributed by atoms with Crippen molar-refractivity contribution in [2.45, 2.75) is 19.4 Å². The number of nitrogens with zero attached hydrogens (tertiary/aromatic N) is 3. The molecule has 0 N–H and O–H groups in total. The van der Waals surface area contributed by atoms with Gasteiger partial charge in [-0.2, -0.15) is 0 Å². The molecule has 0 unspecified atom stereocenters. The van der Waals surface area contributed by atoms with Crippen molar-refractivity contribution in [3.05, 3.63) is 83.9 Å². The van der Waals surface area contributed by atoms with Gasteiger partial charge >= 0.3 is 0 Å². The van der Waals surface area contributed by atoms with Gasteiger partial charge in [0.1, 0.15) is 12.2 Å². The fourth-order valence-corrected chi connectivity index (χ4v) is 2.28. The molecule has 1 aromatic heterocycles. The van der Waals surface area contributed by atoms with Gasteiger partial charge in [-0.25, -0.2) is 0 Å². The van der Waals surface area contributed by atoms with Gasteiger partial charge in [0.15, 0.2) is 0 Å². The predicted molar refractivity (Wildman–Crippen MR) is 79.4 cm³/mol. The molecule has 0 radical (unpaired) electrons. The predicted octanol–water partition coefficient (Wildman–Crippen LogP) is 3.11. The number of hydrogen-bond acceptors (Lipinski definition) is 2. The van der Waals surface area contributed by atoms with Crippen LogP contribution in [0.15, 0.2) is 67.0 Å². The van der Waals surface area contributed by atoms with Crippen molar-refractivity contribution in [2.75, 3.05) is 0 Å². The van der Waals surface area contributed by atoms with Crippen LogP contribution in [0.2, 0.25) is 0 Å². The summed E-state index contributed by atoms with van der Waals surface area (Å²) in [6.07, 6.45) is 3.65. The summed E-state index contributed by atoms with van der Waals surface area (Å²) in [4.78, 5) is 0. The van der Waals surface area contributed by atoms with Gasteiger partial charge in [-0.3, -0.25) is 0 Å². The highest BCUT2D eigenvalue weighted by Crippen LogP contribution is 2.08. The summed E-state index contributed by atoms with van der Waals surface area (Å²) < 4.78 is 2.14. The lowest BCUT2D eigenvalue weighted by molar-refractivity contribution is 0.660. The first-order valence-corrected chi connectivity index (χ1v) is 6.86. The van der Waals surface area contributed by atoms with Crippen molar-refractivity contribution >= 4 is 0 Å². The van der Waals surface area contributed by atoms with Gasteiger partial charge in [-0.15, -0.1) is 10.2 Å². The number of aromatic nitrogens is 3. The van der Waals surface area contributed by atoms with Crippen molar-refractivity contribution in [2.24, 2.45) is 0 Å². The van der Waals surface area contributed by atoms with Gasteiger partial charge < -0.3 is 4.57 Å². The minimum Gasteiger partial charge on any atom is -0.317 e. The Kier molecular flexibility index (Phi) is 3.88. The number of benzene rings is 2. The Morgan fingerprint density at radius 3 is 2.15 bits per heavy atom. The lowest BCUT2D eigenvalue weighted by Gasteiger charge is -2.07. The third-order valence-corrected chi connectivity index (χ3v) is 3.38. The zero-order valence-electron chi connectivity index (χ0n) is 11.3. The van der Waals surface area contributed by atoms with Crippen LogP contribution in [0.25, 0.3) is 0 Å². The Labute approximate surface area is 118 Å². The first-order valence-electron chi connectivity index (χ1n) is 6.86. The molecule has 0 amide bonds. The molecule has 0 aliphatic heterocycles. The third-order valence-electron chi connectivity index (χ3n) is 3.38. The zero-order chi connectivity index (χ0) is 13.6. The molecule has 20 heavy (non-hydrogen) atoms. The zero-order valence-corrected chi connectivity index (χ0v) is 11.3. The highest BCUT2D eigenvalue weighted by Gasteiger charge is 2.05. The average molecular weight is 263 g/mol. The summed E-state index contributed by atoms with van der Waals surface area (Å²) in [5.74, 6) is 1.02. The highest BCUT2D eigenvalue weighted by atomic mass is 15.3. The fourth-order valence-electron chi connectivity index (χ4n) is 2.28. The van der Waals surface area contributed by atoms with Gasteiger partial charge in [0.2, 0.25) is 0 Å². The standard InChI is InChI=1S/C17H17N3/c1-3-7-15(8-4-1)11-12-20-14-18-19-17(20)13-16-9-5-2-6-10-16/h1-10,14H,11-13H2. The van der Waals surface area contributed by atoms with E-state index in [2.05, 4.69) is 63.3 Å². The van der Waals surface area contributed by atoms with Crippen LogP contribution in [0, 0.1) is 0 Å². The molecule has 2 aromatic carbocycles. The smallest absolute Gasteiger partial charge is 0.137 e. The Bertz CT molecular complexity index is 644. The molecule has 0 bridgehead atoms. The van der Waals surface area contributed by atoms with Crippen LogP contribution in [0.1, 0.15) is 17.0 Å². The molecular formula is C17H17N3. The van der Waals surface area contributed by atoms with E-state index in [1.807, 2.05) is 18.5 Å². The Morgan fingerprint density at radius 1 is 0.800 bits per heavy atom. The summed E-state index contributed by atoms with van der Waals surface area (Å²) in [6, 6.07) is 20.9. The molecule has 0 fully saturated rings. The van der Waals surface area contributed by atoms with E-state index in [0.29, 0.717) is 0 Å². The van der Waals surface area contributed by atoms with Crippen LogP contribution in [0.3, 0.4) is 0 Å². The van der Waals surface area contributed by atoms with Gasteiger partial charge in [0.05, 0.1) is 0 Å². The molecule has 0 aliphatic carbocycles. The monoisotopic (exact) mass is 263 g/mol. The minimum absolute atomic E-state index is 0.829. The van der Waals surface area contributed by atoms with Gasteiger partial charge in [0.25, 0.3) is 0 Å². The molecule has 3 aromatic rings. The highest BCUT2D eigenvalue weighted by molar-refractivity contribution is 5.19. The average Bonchev–Trinajstić information content (AvgIpc) is 2.94. The van der Waals surface area contributed by atoms with Crippen LogP contribution in [-0.4, -0.2) is 14.8 Å². The van der Waals surface area contributed by atoms with E-state index in [1.165, 1.54) is 11.1 Å². The molecule has 0 atom stereocenters. The first kappa shape index (κ1) is 12.6. The maximum absolute atomic E-state index is 4.24. The summed E-state index contributed by atoms with van der Waals surface area (Å²) in [7, 11) is 0. The van der Waals surface area contributed by atoms with Crippen molar-refractivity contribution in [3.8, 4) is 0 Å². The normalized spacial score (nSPS) is 10.6. The molecule has 3 rings (SSSR count). The molecule has 0 aliphatic rings. The van der Waals surface area contributed by atoms with Crippen molar-refractivity contribution in [1.29, 1.82) is 0 Å². The van der Waals surface area contributed by atoms with E-state index in [-0.39, 0.29) is 0 Å². The van der Waals surface area contributed by atoms with Gasteiger partial charge in [-0.1, -0.05) is 60.7 Å². The lowest BCUT2D eigenvalue weighted by Crippen LogP contribution is -2.06. The van der Waals surface area contributed by atoms with E-state index < -0.39 is 0 Å². The molecule has 0 saturated carbocycles. The van der Waals surface area contributed by atoms with Crippen LogP contribution in [0.5, 0.6) is 0 Å². The molecule has 0 spiro atoms. The van der Waals surface area contributed by atoms with E-state index >= 15 is 0 Å². The van der Waals surface area contributed by atoms with Crippen molar-refractivity contribution < 1.29 is 0 Å². The van der Waals surface area contributed by atoms with Gasteiger partial charge in [0, 0.05) is 13.0 Å². The molecular weight excluding hydrogens is 246 g/mol. The first-order chi connectivity index (χ1) is 9.92. The fraction of sp³-hybridized carbons (Fsp3) is 0.176. The van der Waals surface area contributed by atoms with E-state index in [0.717, 1.165) is 25.2 Å². The molecule has 3 heteroatoms. The number of hydrogen-bond donors (Lipinski definition) is 0. The molecule has 100 valence electrons. The van der Waals surface area contributed by atoms with Crippen molar-refractivity contribution in [1.82, 2.24) is 14.8 Å². The number of rotatable bonds is 5. The summed E-state index contributed by atoms with van der Waals surface area (Å²) in [5, 5.41) is 8.28. The summed E-state index contributed by atoms with van der Waals surface area (Å²) >= 11 is 0. The van der Waals surface area contributed by atoms with Crippen molar-refractivity contribution in [3.63, 3.8) is 0 Å². The van der Waals surface area contributed by atoms with Gasteiger partial charge in [-0.05, 0) is 17.5 Å². The maximum atomic E-state index is 4.24. The molecule has 0 saturated heterocycles. The third kappa shape index (κ3) is 3.12. The van der Waals surface area contributed by atoms with Crippen LogP contribution < -0.4 is 0 Å². The SMILES string of the molecule is c1ccc(CCn2cnnc2Cc2ccccc2)cc1. The van der Waals surface area contributed by atoms with E-state index in [4.69, 9.17) is 0 Å². The Balaban J connectivity index is 1.68. The second kappa shape index (κ2) is 6.15. The Hall–Kier alpha value is -2.42. The maximum Gasteiger partial charge on any atom is 0.137 e. The minimum atomic E-state index is 0.829. The second-order valence-electron chi connectivity index (χ2n) is 4.84. The summed E-state index contributed by atoms with van der Waals surface area (Å²) in [5.41, 5.74) is 2.60. The van der Waals surface area contributed by atoms with Crippen LogP contribution in [-0.2, 0) is 19.4 Å². The topological polar surface area (TPSA) is 30.7 Å². The van der Waals surface area contributed by atoms with Crippen LogP contribution in [0.4, 0.5) is 0 Å². The van der Waals surface area contributed by atoms with E-state index in [9.17, 15) is 0 Å². The number of aryl methyl sites for hydroxylation is 2.